The summed E-state index contributed by atoms with van der Waals surface area (Å²) in [6.07, 6.45) is 3.99. The molecule has 3 N–H and O–H groups in total. The fourth-order valence-electron chi connectivity index (χ4n) is 7.04. The van der Waals surface area contributed by atoms with E-state index < -0.39 is 6.10 Å². The summed E-state index contributed by atoms with van der Waals surface area (Å²) in [7, 11) is 4.02. The van der Waals surface area contributed by atoms with Gasteiger partial charge in [0.2, 0.25) is 5.91 Å². The molecule has 0 unspecified atom stereocenters. The highest BCUT2D eigenvalue weighted by atomic mass is 32.1. The molecule has 2 fully saturated rings. The van der Waals surface area contributed by atoms with Crippen LogP contribution in [0.5, 0.6) is 0 Å². The monoisotopic (exact) mass is 514 g/mol. The zero-order valence-electron chi connectivity index (χ0n) is 22.1. The molecule has 0 radical (unpaired) electrons. The Morgan fingerprint density at radius 3 is 2.72 bits per heavy atom. The molecule has 3 heterocycles. The minimum absolute atomic E-state index is 0.0365. The van der Waals surface area contributed by atoms with Crippen LogP contribution in [0.1, 0.15) is 60.6 Å². The van der Waals surface area contributed by atoms with Gasteiger partial charge in [0, 0.05) is 30.0 Å². The Morgan fingerprint density at radius 2 is 2.06 bits per heavy atom. The number of anilines is 1. The predicted octanol–water partition coefficient (Wildman–Crippen LogP) is 1.78. The van der Waals surface area contributed by atoms with E-state index in [1.165, 1.54) is 9.78 Å². The van der Waals surface area contributed by atoms with Gasteiger partial charge >= 0.3 is 0 Å². The van der Waals surface area contributed by atoms with Crippen molar-refractivity contribution in [3.05, 3.63) is 34.6 Å². The quantitative estimate of drug-likeness (QED) is 0.580. The first-order chi connectivity index (χ1) is 17.1. The number of fused-ring (bicyclic) bond motifs is 2. The van der Waals surface area contributed by atoms with Crippen LogP contribution in [0.25, 0.3) is 0 Å². The molecule has 3 aliphatic rings. The van der Waals surface area contributed by atoms with Crippen LogP contribution in [0.2, 0.25) is 0 Å². The van der Waals surface area contributed by atoms with Crippen LogP contribution >= 0.6 is 11.3 Å². The van der Waals surface area contributed by atoms with Gasteiger partial charge in [-0.2, -0.15) is 0 Å². The molecule has 0 spiro atoms. The Kier molecular flexibility index (Phi) is 6.76. The molecule has 2 aromatic rings. The molecule has 36 heavy (non-hydrogen) atoms. The molecule has 1 saturated heterocycles. The molecule has 2 aliphatic carbocycles. The highest BCUT2D eigenvalue weighted by Gasteiger charge is 2.54. The van der Waals surface area contributed by atoms with Crippen LogP contribution in [0.4, 0.5) is 5.13 Å². The molecule has 2 aromatic heterocycles. The maximum atomic E-state index is 13.3. The van der Waals surface area contributed by atoms with Crippen molar-refractivity contribution in [1.82, 2.24) is 14.5 Å². The number of nitrogens with one attached hydrogen (secondary N) is 2. The van der Waals surface area contributed by atoms with Gasteiger partial charge < -0.3 is 19.5 Å². The van der Waals surface area contributed by atoms with E-state index in [1.807, 2.05) is 31.1 Å². The molecular weight excluding hydrogens is 474 g/mol. The molecule has 1 saturated carbocycles. The average molecular weight is 515 g/mol. The number of hydrogen-bond acceptors (Lipinski definition) is 5. The molecule has 6 atom stereocenters. The Labute approximate surface area is 217 Å². The Balaban J connectivity index is 1.33. The number of aliphatic hydroxyl groups is 1. The summed E-state index contributed by atoms with van der Waals surface area (Å²) in [6.45, 7) is 10.0. The average Bonchev–Trinajstić information content (AvgIpc) is 3.44. The largest absolute Gasteiger partial charge is 0.392 e. The van der Waals surface area contributed by atoms with E-state index >= 15 is 0 Å². The van der Waals surface area contributed by atoms with Crippen LogP contribution < -0.4 is 10.2 Å². The maximum Gasteiger partial charge on any atom is 0.274 e. The lowest BCUT2D eigenvalue weighted by molar-refractivity contribution is -0.883. The first-order valence-corrected chi connectivity index (χ1v) is 14.1. The maximum absolute atomic E-state index is 13.3. The molecule has 2 amide bonds. The number of hydrogen-bond donors (Lipinski definition) is 3. The topological polar surface area (TPSA) is 91.9 Å². The van der Waals surface area contributed by atoms with Crippen molar-refractivity contribution in [3.8, 4) is 0 Å². The first kappa shape index (κ1) is 25.4. The van der Waals surface area contributed by atoms with Crippen molar-refractivity contribution < 1.29 is 19.6 Å². The molecule has 0 aromatic carbocycles. The van der Waals surface area contributed by atoms with Crippen molar-refractivity contribution >= 4 is 28.3 Å². The van der Waals surface area contributed by atoms with Gasteiger partial charge in [-0.3, -0.25) is 14.9 Å². The summed E-state index contributed by atoms with van der Waals surface area (Å²) in [5.74, 6) is -0.104. The molecule has 8 nitrogen and oxygen atoms in total. The van der Waals surface area contributed by atoms with Gasteiger partial charge in [0.05, 0.1) is 45.0 Å². The van der Waals surface area contributed by atoms with Crippen LogP contribution in [-0.2, 0) is 18.3 Å². The lowest BCUT2D eigenvalue weighted by Gasteiger charge is -2.53. The van der Waals surface area contributed by atoms with E-state index in [2.05, 4.69) is 26.2 Å². The van der Waals surface area contributed by atoms with E-state index in [1.54, 1.807) is 22.0 Å². The number of thiazole rings is 1. The number of piperazine rings is 1. The summed E-state index contributed by atoms with van der Waals surface area (Å²) in [6, 6.07) is 3.65. The number of nitrogens with zero attached hydrogens (tertiary/aromatic N) is 3. The molecule has 1 aliphatic heterocycles. The minimum Gasteiger partial charge on any atom is -0.392 e. The molecular formula is C27H40N5O3S+. The Morgan fingerprint density at radius 1 is 1.33 bits per heavy atom. The molecule has 5 rings (SSSR count). The Hall–Kier alpha value is -2.23. The molecule has 0 bridgehead atoms. The number of carbonyl (C=O) groups excluding carboxylic acids is 2. The number of aliphatic hydroxyl groups excluding tert-OH is 1. The normalized spacial score (nSPS) is 31.4. The third-order valence-electron chi connectivity index (χ3n) is 9.28. The van der Waals surface area contributed by atoms with Gasteiger partial charge in [-0.1, -0.05) is 20.8 Å². The van der Waals surface area contributed by atoms with Gasteiger partial charge in [-0.25, -0.2) is 4.98 Å². The van der Waals surface area contributed by atoms with E-state index in [4.69, 9.17) is 4.98 Å². The third-order valence-corrected chi connectivity index (χ3v) is 10.3. The van der Waals surface area contributed by atoms with Gasteiger partial charge in [-0.05, 0) is 48.6 Å². The van der Waals surface area contributed by atoms with Crippen molar-refractivity contribution in [2.45, 2.75) is 52.1 Å². The van der Waals surface area contributed by atoms with Gasteiger partial charge in [-0.15, -0.1) is 11.3 Å². The second-order valence-electron chi connectivity index (χ2n) is 11.7. The number of amides is 2. The second kappa shape index (κ2) is 9.58. The van der Waals surface area contributed by atoms with Crippen LogP contribution in [0, 0.1) is 23.2 Å². The van der Waals surface area contributed by atoms with Crippen LogP contribution in [-0.4, -0.2) is 70.7 Å². The summed E-state index contributed by atoms with van der Waals surface area (Å²) in [4.78, 5) is 35.6. The van der Waals surface area contributed by atoms with Gasteiger partial charge in [0.15, 0.2) is 5.13 Å². The lowest BCUT2D eigenvalue weighted by Crippen LogP contribution is -3.12. The Bertz CT molecular complexity index is 1140. The fraction of sp³-hybridized carbons (Fsp3) is 0.667. The van der Waals surface area contributed by atoms with E-state index in [9.17, 15) is 14.7 Å². The second-order valence-corrected chi connectivity index (χ2v) is 12.8. The summed E-state index contributed by atoms with van der Waals surface area (Å²) in [5, 5.41) is 15.3. The van der Waals surface area contributed by atoms with Gasteiger partial charge in [0.1, 0.15) is 5.69 Å². The van der Waals surface area contributed by atoms with E-state index in [0.717, 1.165) is 51.1 Å². The number of quaternary nitrogens is 1. The summed E-state index contributed by atoms with van der Waals surface area (Å²) in [5.41, 5.74) is 1.54. The highest BCUT2D eigenvalue weighted by Crippen LogP contribution is 2.57. The van der Waals surface area contributed by atoms with E-state index in [-0.39, 0.29) is 40.9 Å². The zero-order valence-corrected chi connectivity index (χ0v) is 22.9. The fourth-order valence-corrected chi connectivity index (χ4v) is 8.30. The van der Waals surface area contributed by atoms with Crippen molar-refractivity contribution in [2.75, 3.05) is 38.5 Å². The summed E-state index contributed by atoms with van der Waals surface area (Å²) >= 11 is 1.56. The number of aryl methyl sites for hydroxylation is 1. The SMILES string of the molecule is C[C@H](C(=O)N1CC[NH+](C)CC1)[C@H]1CC[C@]2(C)Cc3sc(NC(=O)c4cccn4C)nc3[C@@H](C)[C@@H]2[C@H]1O. The van der Waals surface area contributed by atoms with E-state index in [0.29, 0.717) is 10.8 Å². The van der Waals surface area contributed by atoms with Crippen molar-refractivity contribution in [1.29, 1.82) is 0 Å². The summed E-state index contributed by atoms with van der Waals surface area (Å²) < 4.78 is 1.79. The molecule has 9 heteroatoms. The number of aromatic nitrogens is 2. The standard InChI is InChI=1S/C27H39N5O3S/c1-16(25(35)32-13-11-30(4)12-14-32)18-8-9-27(3)15-20-22(17(2)21(27)23(18)33)28-26(36-20)29-24(34)19-7-6-10-31(19)5/h6-7,10,16-18,21,23,33H,8-9,11-15H2,1-5H3,(H,28,29,34)/p+1/t16-,17-,18+,21+,23-,27+/m0/s1. The number of rotatable bonds is 4. The lowest BCUT2D eigenvalue weighted by atomic mass is 9.53. The van der Waals surface area contributed by atoms with Crippen molar-refractivity contribution in [3.63, 3.8) is 0 Å². The van der Waals surface area contributed by atoms with Gasteiger partial charge in [0.25, 0.3) is 5.91 Å². The van der Waals surface area contributed by atoms with Crippen molar-refractivity contribution in [2.24, 2.45) is 30.2 Å². The van der Waals surface area contributed by atoms with Crippen LogP contribution in [0.15, 0.2) is 18.3 Å². The third kappa shape index (κ3) is 4.39. The molecule has 196 valence electrons. The number of likely N-dealkylation sites (N-methyl/N-ethyl adjacent to an activating group) is 1. The zero-order chi connectivity index (χ0) is 25.8. The first-order valence-electron chi connectivity index (χ1n) is 13.3. The van der Waals surface area contributed by atoms with Crippen LogP contribution in [0.3, 0.4) is 0 Å². The minimum atomic E-state index is -0.549. The smallest absolute Gasteiger partial charge is 0.274 e. The highest BCUT2D eigenvalue weighted by molar-refractivity contribution is 7.15. The predicted molar refractivity (Wildman–Crippen MR) is 140 cm³/mol. The number of carbonyl (C=O) groups is 2.